The first kappa shape index (κ1) is 9.51. The van der Waals surface area contributed by atoms with E-state index in [0.717, 1.165) is 11.3 Å². The first-order valence-corrected chi connectivity index (χ1v) is 4.43. The summed E-state index contributed by atoms with van der Waals surface area (Å²) in [6.07, 6.45) is -0.521. The molecule has 1 aromatic carbocycles. The quantitative estimate of drug-likeness (QED) is 0.789. The van der Waals surface area contributed by atoms with Crippen molar-refractivity contribution in [1.82, 2.24) is 5.43 Å². The zero-order valence-electron chi connectivity index (χ0n) is 8.19. The second-order valence-corrected chi connectivity index (χ2v) is 2.97. The van der Waals surface area contributed by atoms with Crippen LogP contribution < -0.4 is 10.2 Å². The molecule has 0 aromatic heterocycles. The van der Waals surface area contributed by atoms with Gasteiger partial charge in [-0.3, -0.25) is 0 Å². The summed E-state index contributed by atoms with van der Waals surface area (Å²) in [7, 11) is 1.61. The minimum absolute atomic E-state index is 0.193. The van der Waals surface area contributed by atoms with E-state index in [1.165, 1.54) is 0 Å². The van der Waals surface area contributed by atoms with Crippen molar-refractivity contribution in [3.05, 3.63) is 29.8 Å². The average Bonchev–Trinajstić information content (AvgIpc) is 2.30. The first-order valence-electron chi connectivity index (χ1n) is 4.43. The van der Waals surface area contributed by atoms with Gasteiger partial charge in [0.1, 0.15) is 18.1 Å². The van der Waals surface area contributed by atoms with Crippen LogP contribution in [0, 0.1) is 0 Å². The Bertz CT molecular complexity index is 398. The Labute approximate surface area is 86.7 Å². The summed E-state index contributed by atoms with van der Waals surface area (Å²) in [4.78, 5) is 10.7. The molecule has 0 aliphatic carbocycles. The van der Waals surface area contributed by atoms with Crippen LogP contribution in [0.5, 0.6) is 5.75 Å². The third kappa shape index (κ3) is 2.07. The molecule has 1 heterocycles. The molecule has 1 amide bonds. The van der Waals surface area contributed by atoms with E-state index in [9.17, 15) is 4.79 Å². The predicted molar refractivity (Wildman–Crippen MR) is 54.0 cm³/mol. The van der Waals surface area contributed by atoms with E-state index in [2.05, 4.69) is 10.5 Å². The number of rotatable bonds is 2. The highest BCUT2D eigenvalue weighted by molar-refractivity contribution is 6.03. The Morgan fingerprint density at radius 2 is 2.13 bits per heavy atom. The van der Waals surface area contributed by atoms with E-state index in [0.29, 0.717) is 5.71 Å². The Kier molecular flexibility index (Phi) is 2.53. The van der Waals surface area contributed by atoms with Gasteiger partial charge in [0.2, 0.25) is 0 Å². The van der Waals surface area contributed by atoms with Crippen LogP contribution in [0.25, 0.3) is 0 Å². The van der Waals surface area contributed by atoms with E-state index in [1.807, 2.05) is 24.3 Å². The summed E-state index contributed by atoms with van der Waals surface area (Å²) in [6.45, 7) is 0.193. The number of hydrogen-bond donors (Lipinski definition) is 1. The summed E-state index contributed by atoms with van der Waals surface area (Å²) in [6, 6.07) is 7.37. The Morgan fingerprint density at radius 3 is 2.67 bits per heavy atom. The Morgan fingerprint density at radius 1 is 1.40 bits per heavy atom. The molecule has 2 rings (SSSR count). The third-order valence-corrected chi connectivity index (χ3v) is 2.05. The standard InChI is InChI=1S/C10H10N2O3/c1-14-8-4-2-7(3-5-8)9-6-15-10(13)12-11-9/h2-5H,6H2,1H3,(H,12,13). The fourth-order valence-electron chi connectivity index (χ4n) is 1.24. The predicted octanol–water partition coefficient (Wildman–Crippen LogP) is 1.14. The summed E-state index contributed by atoms with van der Waals surface area (Å²) in [5.41, 5.74) is 3.85. The summed E-state index contributed by atoms with van der Waals surface area (Å²) >= 11 is 0. The van der Waals surface area contributed by atoms with Gasteiger partial charge in [0.15, 0.2) is 0 Å². The van der Waals surface area contributed by atoms with Crippen molar-refractivity contribution in [3.8, 4) is 5.75 Å². The van der Waals surface area contributed by atoms with Gasteiger partial charge in [-0.2, -0.15) is 5.10 Å². The van der Waals surface area contributed by atoms with Gasteiger partial charge in [0.05, 0.1) is 7.11 Å². The summed E-state index contributed by atoms with van der Waals surface area (Å²) < 4.78 is 9.82. The molecular weight excluding hydrogens is 196 g/mol. The highest BCUT2D eigenvalue weighted by atomic mass is 16.6. The van der Waals surface area contributed by atoms with Crippen LogP contribution >= 0.6 is 0 Å². The first-order chi connectivity index (χ1) is 7.29. The molecule has 0 radical (unpaired) electrons. The molecule has 78 valence electrons. The van der Waals surface area contributed by atoms with E-state index < -0.39 is 6.09 Å². The van der Waals surface area contributed by atoms with Crippen LogP contribution in [0.1, 0.15) is 5.56 Å². The number of ether oxygens (including phenoxy) is 2. The average molecular weight is 206 g/mol. The number of hydrogen-bond acceptors (Lipinski definition) is 4. The zero-order chi connectivity index (χ0) is 10.7. The molecule has 0 unspecified atom stereocenters. The van der Waals surface area contributed by atoms with Gasteiger partial charge in [-0.15, -0.1) is 0 Å². The van der Waals surface area contributed by atoms with E-state index in [4.69, 9.17) is 9.47 Å². The van der Waals surface area contributed by atoms with Gasteiger partial charge < -0.3 is 9.47 Å². The van der Waals surface area contributed by atoms with Gasteiger partial charge in [-0.05, 0) is 24.3 Å². The smallest absolute Gasteiger partial charge is 0.428 e. The van der Waals surface area contributed by atoms with Crippen LogP contribution in [-0.2, 0) is 4.74 Å². The molecule has 1 N–H and O–H groups in total. The van der Waals surface area contributed by atoms with Gasteiger partial charge >= 0.3 is 6.09 Å². The summed E-state index contributed by atoms with van der Waals surface area (Å²) in [5, 5.41) is 3.89. The van der Waals surface area contributed by atoms with Crippen molar-refractivity contribution in [3.63, 3.8) is 0 Å². The number of cyclic esters (lactones) is 1. The monoisotopic (exact) mass is 206 g/mol. The minimum atomic E-state index is -0.521. The molecule has 5 heteroatoms. The molecule has 1 aliphatic heterocycles. The van der Waals surface area contributed by atoms with Crippen molar-refractivity contribution < 1.29 is 14.3 Å². The maximum atomic E-state index is 10.7. The number of carbonyl (C=O) groups excluding carboxylic acids is 1. The molecule has 0 spiro atoms. The van der Waals surface area contributed by atoms with Crippen molar-refractivity contribution in [2.24, 2.45) is 5.10 Å². The molecule has 15 heavy (non-hydrogen) atoms. The number of carbonyl (C=O) groups is 1. The number of amides is 1. The lowest BCUT2D eigenvalue weighted by Crippen LogP contribution is -2.30. The van der Waals surface area contributed by atoms with E-state index in [-0.39, 0.29) is 6.61 Å². The summed E-state index contributed by atoms with van der Waals surface area (Å²) in [5.74, 6) is 0.778. The maximum absolute atomic E-state index is 10.7. The molecule has 1 aromatic rings. The number of nitrogens with one attached hydrogen (secondary N) is 1. The van der Waals surface area contributed by atoms with E-state index in [1.54, 1.807) is 7.11 Å². The molecule has 0 atom stereocenters. The molecule has 0 saturated carbocycles. The van der Waals surface area contributed by atoms with Crippen LogP contribution in [0.3, 0.4) is 0 Å². The van der Waals surface area contributed by atoms with Crippen LogP contribution in [0.2, 0.25) is 0 Å². The molecule has 0 bridgehead atoms. The number of hydrazone groups is 1. The molecule has 5 nitrogen and oxygen atoms in total. The molecular formula is C10H10N2O3. The van der Waals surface area contributed by atoms with Crippen LogP contribution in [-0.4, -0.2) is 25.5 Å². The lowest BCUT2D eigenvalue weighted by atomic mass is 10.1. The number of nitrogens with zero attached hydrogens (tertiary/aromatic N) is 1. The Hall–Kier alpha value is -2.04. The van der Waals surface area contributed by atoms with Crippen molar-refractivity contribution >= 4 is 11.8 Å². The topological polar surface area (TPSA) is 59.9 Å². The largest absolute Gasteiger partial charge is 0.497 e. The third-order valence-electron chi connectivity index (χ3n) is 2.05. The fraction of sp³-hybridized carbons (Fsp3) is 0.200. The second kappa shape index (κ2) is 4.00. The zero-order valence-corrected chi connectivity index (χ0v) is 8.19. The highest BCUT2D eigenvalue weighted by Crippen LogP contribution is 2.12. The van der Waals surface area contributed by atoms with Crippen LogP contribution in [0.15, 0.2) is 29.4 Å². The van der Waals surface area contributed by atoms with Crippen molar-refractivity contribution in [2.45, 2.75) is 0 Å². The molecule has 1 aliphatic rings. The van der Waals surface area contributed by atoms with Gasteiger partial charge in [-0.25, -0.2) is 10.2 Å². The van der Waals surface area contributed by atoms with Gasteiger partial charge in [-0.1, -0.05) is 0 Å². The van der Waals surface area contributed by atoms with Crippen molar-refractivity contribution in [1.29, 1.82) is 0 Å². The minimum Gasteiger partial charge on any atom is -0.497 e. The number of methoxy groups -OCH3 is 1. The Balaban J connectivity index is 2.19. The SMILES string of the molecule is COc1ccc(C2=NNC(=O)OC2)cc1. The lowest BCUT2D eigenvalue weighted by Gasteiger charge is -2.13. The second-order valence-electron chi connectivity index (χ2n) is 2.97. The maximum Gasteiger partial charge on any atom is 0.428 e. The molecule has 0 saturated heterocycles. The number of benzene rings is 1. The fourth-order valence-corrected chi connectivity index (χ4v) is 1.24. The van der Waals surface area contributed by atoms with Crippen LogP contribution in [0.4, 0.5) is 4.79 Å². The van der Waals surface area contributed by atoms with E-state index >= 15 is 0 Å². The molecule has 0 fully saturated rings. The lowest BCUT2D eigenvalue weighted by molar-refractivity contribution is 0.157. The van der Waals surface area contributed by atoms with Gasteiger partial charge in [0, 0.05) is 5.56 Å². The normalized spacial score (nSPS) is 15.0. The van der Waals surface area contributed by atoms with Gasteiger partial charge in [0.25, 0.3) is 0 Å². The van der Waals surface area contributed by atoms with Crippen molar-refractivity contribution in [2.75, 3.05) is 13.7 Å². The highest BCUT2D eigenvalue weighted by Gasteiger charge is 2.13.